The number of carbonyl (C=O) groups is 1. The first-order valence-electron chi connectivity index (χ1n) is 8.16. The fraction of sp³-hybridized carbons (Fsp3) is 0.250. The molecule has 2 N–H and O–H groups in total. The molecule has 124 valence electrons. The number of amides is 1. The second kappa shape index (κ2) is 7.32. The van der Waals surface area contributed by atoms with Gasteiger partial charge in [0.25, 0.3) is 0 Å². The van der Waals surface area contributed by atoms with Crippen LogP contribution in [0.25, 0.3) is 6.08 Å². The molecule has 1 heterocycles. The van der Waals surface area contributed by atoms with Crippen molar-refractivity contribution in [3.05, 3.63) is 71.3 Å². The van der Waals surface area contributed by atoms with Crippen molar-refractivity contribution in [1.82, 2.24) is 5.32 Å². The van der Waals surface area contributed by atoms with Crippen molar-refractivity contribution in [2.45, 2.75) is 12.5 Å². The number of rotatable bonds is 5. The van der Waals surface area contributed by atoms with Gasteiger partial charge < -0.3 is 15.3 Å². The Morgan fingerprint density at radius 1 is 1.29 bits per heavy atom. The molecule has 4 heteroatoms. The SMILES string of the molecule is CN1CCc2cc([C@@H](O)CNC(=O)/C=C/c3ccccc3)ccc21. The fourth-order valence-corrected chi connectivity index (χ4v) is 2.90. The molecule has 0 radical (unpaired) electrons. The second-order valence-corrected chi connectivity index (χ2v) is 6.06. The van der Waals surface area contributed by atoms with Gasteiger partial charge in [0.05, 0.1) is 6.10 Å². The summed E-state index contributed by atoms with van der Waals surface area (Å²) in [6.07, 6.45) is 3.54. The highest BCUT2D eigenvalue weighted by Gasteiger charge is 2.17. The zero-order chi connectivity index (χ0) is 16.9. The molecule has 0 aliphatic carbocycles. The van der Waals surface area contributed by atoms with E-state index in [9.17, 15) is 9.90 Å². The van der Waals surface area contributed by atoms with Crippen molar-refractivity contribution in [1.29, 1.82) is 0 Å². The quantitative estimate of drug-likeness (QED) is 0.832. The van der Waals surface area contributed by atoms with Gasteiger partial charge in [0.1, 0.15) is 0 Å². The van der Waals surface area contributed by atoms with E-state index < -0.39 is 6.10 Å². The van der Waals surface area contributed by atoms with Crippen molar-refractivity contribution in [2.75, 3.05) is 25.0 Å². The van der Waals surface area contributed by atoms with E-state index in [-0.39, 0.29) is 12.5 Å². The Morgan fingerprint density at radius 3 is 2.88 bits per heavy atom. The summed E-state index contributed by atoms with van der Waals surface area (Å²) in [7, 11) is 2.07. The Balaban J connectivity index is 1.55. The van der Waals surface area contributed by atoms with Crippen LogP contribution in [0.4, 0.5) is 5.69 Å². The standard InChI is InChI=1S/C20H22N2O2/c1-22-12-11-16-13-17(8-9-18(16)22)19(23)14-21-20(24)10-7-15-5-3-2-4-6-15/h2-10,13,19,23H,11-12,14H2,1H3,(H,21,24)/b10-7+/t19-/m0/s1. The maximum atomic E-state index is 11.9. The molecule has 2 aromatic rings. The normalized spacial score (nSPS) is 14.7. The number of nitrogens with zero attached hydrogens (tertiary/aromatic N) is 1. The summed E-state index contributed by atoms with van der Waals surface area (Å²) in [5.74, 6) is -0.209. The number of benzene rings is 2. The first kappa shape index (κ1) is 16.3. The van der Waals surface area contributed by atoms with Crippen molar-refractivity contribution in [3.63, 3.8) is 0 Å². The third-order valence-corrected chi connectivity index (χ3v) is 4.31. The van der Waals surface area contributed by atoms with Crippen molar-refractivity contribution in [2.24, 2.45) is 0 Å². The van der Waals surface area contributed by atoms with E-state index in [1.54, 1.807) is 6.08 Å². The van der Waals surface area contributed by atoms with Gasteiger partial charge in [-0.15, -0.1) is 0 Å². The van der Waals surface area contributed by atoms with E-state index in [1.165, 1.54) is 17.3 Å². The van der Waals surface area contributed by atoms with Crippen LogP contribution in [-0.2, 0) is 11.2 Å². The number of carbonyl (C=O) groups excluding carboxylic acids is 1. The lowest BCUT2D eigenvalue weighted by molar-refractivity contribution is -0.116. The van der Waals surface area contributed by atoms with Gasteiger partial charge in [-0.05, 0) is 35.3 Å². The number of likely N-dealkylation sites (N-methyl/N-ethyl adjacent to an activating group) is 1. The molecule has 1 amide bonds. The molecule has 0 saturated carbocycles. The number of anilines is 1. The predicted molar refractivity (Wildman–Crippen MR) is 96.9 cm³/mol. The molecule has 24 heavy (non-hydrogen) atoms. The highest BCUT2D eigenvalue weighted by Crippen LogP contribution is 2.29. The molecule has 0 unspecified atom stereocenters. The third-order valence-electron chi connectivity index (χ3n) is 4.31. The monoisotopic (exact) mass is 322 g/mol. The molecule has 0 bridgehead atoms. The molecule has 1 atom stereocenters. The summed E-state index contributed by atoms with van der Waals surface area (Å²) in [6.45, 7) is 1.21. The third kappa shape index (κ3) is 3.84. The molecule has 1 aliphatic rings. The van der Waals surface area contributed by atoms with Crippen LogP contribution in [0.2, 0.25) is 0 Å². The summed E-state index contributed by atoms with van der Waals surface area (Å²) in [4.78, 5) is 14.1. The van der Waals surface area contributed by atoms with Gasteiger partial charge in [-0.25, -0.2) is 0 Å². The van der Waals surface area contributed by atoms with Crippen LogP contribution in [0.5, 0.6) is 0 Å². The molecular weight excluding hydrogens is 300 g/mol. The molecule has 3 rings (SSSR count). The maximum Gasteiger partial charge on any atom is 0.244 e. The fourth-order valence-electron chi connectivity index (χ4n) is 2.90. The number of aliphatic hydroxyl groups is 1. The number of nitrogens with one attached hydrogen (secondary N) is 1. The van der Waals surface area contributed by atoms with E-state index in [4.69, 9.17) is 0 Å². The first-order valence-corrected chi connectivity index (χ1v) is 8.16. The number of hydrogen-bond donors (Lipinski definition) is 2. The molecule has 1 aliphatic heterocycles. The summed E-state index contributed by atoms with van der Waals surface area (Å²) in [6, 6.07) is 15.6. The summed E-state index contributed by atoms with van der Waals surface area (Å²) in [5, 5.41) is 13.0. The van der Waals surface area contributed by atoms with Gasteiger partial charge in [-0.1, -0.05) is 42.5 Å². The van der Waals surface area contributed by atoms with Crippen molar-refractivity contribution in [3.8, 4) is 0 Å². The van der Waals surface area contributed by atoms with Crippen molar-refractivity contribution >= 4 is 17.7 Å². The van der Waals surface area contributed by atoms with E-state index in [1.807, 2.05) is 48.5 Å². The van der Waals surface area contributed by atoms with Crippen LogP contribution in [-0.4, -0.2) is 31.2 Å². The molecule has 2 aromatic carbocycles. The summed E-state index contributed by atoms with van der Waals surface area (Å²) in [5.41, 5.74) is 4.29. The summed E-state index contributed by atoms with van der Waals surface area (Å²) >= 11 is 0. The minimum absolute atomic E-state index is 0.201. The number of aliphatic hydroxyl groups excluding tert-OH is 1. The lowest BCUT2D eigenvalue weighted by Crippen LogP contribution is -2.26. The van der Waals surface area contributed by atoms with Crippen LogP contribution in [0.1, 0.15) is 22.8 Å². The lowest BCUT2D eigenvalue weighted by atomic mass is 10.0. The maximum absolute atomic E-state index is 11.9. The average molecular weight is 322 g/mol. The zero-order valence-corrected chi connectivity index (χ0v) is 13.8. The van der Waals surface area contributed by atoms with Crippen molar-refractivity contribution < 1.29 is 9.90 Å². The topological polar surface area (TPSA) is 52.6 Å². The second-order valence-electron chi connectivity index (χ2n) is 6.06. The van der Waals surface area contributed by atoms with Gasteiger partial charge in [0.15, 0.2) is 0 Å². The van der Waals surface area contributed by atoms with Crippen LogP contribution >= 0.6 is 0 Å². The Kier molecular flexibility index (Phi) is 4.96. The Labute approximate surface area is 142 Å². The number of hydrogen-bond acceptors (Lipinski definition) is 3. The summed E-state index contributed by atoms with van der Waals surface area (Å²) < 4.78 is 0. The van der Waals surface area contributed by atoms with E-state index in [0.29, 0.717) is 0 Å². The molecule has 0 spiro atoms. The van der Waals surface area contributed by atoms with E-state index in [2.05, 4.69) is 17.3 Å². The number of fused-ring (bicyclic) bond motifs is 1. The largest absolute Gasteiger partial charge is 0.387 e. The first-order chi connectivity index (χ1) is 11.6. The van der Waals surface area contributed by atoms with Gasteiger partial charge in [0.2, 0.25) is 5.91 Å². The molecule has 0 saturated heterocycles. The lowest BCUT2D eigenvalue weighted by Gasteiger charge is -2.15. The average Bonchev–Trinajstić information content (AvgIpc) is 2.99. The van der Waals surface area contributed by atoms with E-state index in [0.717, 1.165) is 24.1 Å². The zero-order valence-electron chi connectivity index (χ0n) is 13.8. The molecular formula is C20H22N2O2. The Hall–Kier alpha value is -2.59. The Bertz CT molecular complexity index is 741. The predicted octanol–water partition coefficient (Wildman–Crippen LogP) is 2.54. The highest BCUT2D eigenvalue weighted by molar-refractivity contribution is 5.91. The van der Waals surface area contributed by atoms with E-state index >= 15 is 0 Å². The Morgan fingerprint density at radius 2 is 2.08 bits per heavy atom. The molecule has 0 fully saturated rings. The minimum atomic E-state index is -0.699. The van der Waals surface area contributed by atoms with Crippen LogP contribution < -0.4 is 10.2 Å². The van der Waals surface area contributed by atoms with Gasteiger partial charge in [-0.3, -0.25) is 4.79 Å². The van der Waals surface area contributed by atoms with Gasteiger partial charge >= 0.3 is 0 Å². The van der Waals surface area contributed by atoms with Crippen LogP contribution in [0, 0.1) is 0 Å². The smallest absolute Gasteiger partial charge is 0.244 e. The van der Waals surface area contributed by atoms with Crippen LogP contribution in [0.15, 0.2) is 54.6 Å². The highest BCUT2D eigenvalue weighted by atomic mass is 16.3. The molecule has 4 nitrogen and oxygen atoms in total. The van der Waals surface area contributed by atoms with Gasteiger partial charge in [-0.2, -0.15) is 0 Å². The minimum Gasteiger partial charge on any atom is -0.387 e. The molecule has 0 aromatic heterocycles. The van der Waals surface area contributed by atoms with Gasteiger partial charge in [0, 0.05) is 31.9 Å². The van der Waals surface area contributed by atoms with Crippen LogP contribution in [0.3, 0.4) is 0 Å².